The number of para-hydroxylation sites is 2. The van der Waals surface area contributed by atoms with E-state index < -0.39 is 4.92 Å². The number of fused-ring (bicyclic) bond motifs is 1. The first kappa shape index (κ1) is 14.3. The smallest absolute Gasteiger partial charge is 0.270 e. The number of nitro groups is 1. The number of hydrogen-bond donors (Lipinski definition) is 0. The van der Waals surface area contributed by atoms with Crippen LogP contribution < -0.4 is 0 Å². The van der Waals surface area contributed by atoms with E-state index in [0.29, 0.717) is 11.5 Å². The zero-order chi connectivity index (χ0) is 16.2. The molecule has 0 aliphatic rings. The van der Waals surface area contributed by atoms with Gasteiger partial charge in [-0.2, -0.15) is 15.5 Å². The summed E-state index contributed by atoms with van der Waals surface area (Å²) in [7, 11) is 0. The lowest BCUT2D eigenvalue weighted by Crippen LogP contribution is -1.88. The van der Waals surface area contributed by atoms with Crippen LogP contribution in [0, 0.1) is 21.4 Å². The molecule has 2 aromatic carbocycles. The third kappa shape index (κ3) is 3.03. The number of aromatic nitrogens is 1. The van der Waals surface area contributed by atoms with Gasteiger partial charge in [-0.15, -0.1) is 0 Å². The Bertz CT molecular complexity index is 922. The number of nitriles is 1. The Balaban J connectivity index is 1.80. The summed E-state index contributed by atoms with van der Waals surface area (Å²) in [5.41, 5.74) is 1.56. The molecule has 1 aromatic heterocycles. The molecular formula is C15H9N5O3. The van der Waals surface area contributed by atoms with E-state index in [0.717, 1.165) is 11.6 Å². The van der Waals surface area contributed by atoms with Crippen molar-refractivity contribution in [2.75, 3.05) is 0 Å². The summed E-state index contributed by atoms with van der Waals surface area (Å²) in [5.74, 6) is 0.398. The number of non-ortho nitro benzene ring substituents is 1. The van der Waals surface area contributed by atoms with Crippen molar-refractivity contribution in [3.05, 3.63) is 64.0 Å². The summed E-state index contributed by atoms with van der Waals surface area (Å²) in [5, 5.41) is 27.6. The fourth-order valence-corrected chi connectivity index (χ4v) is 1.97. The van der Waals surface area contributed by atoms with E-state index in [9.17, 15) is 10.1 Å². The van der Waals surface area contributed by atoms with Crippen molar-refractivity contribution in [2.24, 2.45) is 10.2 Å². The van der Waals surface area contributed by atoms with Gasteiger partial charge in [0.25, 0.3) is 5.69 Å². The summed E-state index contributed by atoms with van der Waals surface area (Å²) in [6, 6.07) is 13.0. The Morgan fingerprint density at radius 2 is 2.13 bits per heavy atom. The lowest BCUT2D eigenvalue weighted by atomic mass is 10.2. The van der Waals surface area contributed by atoms with Crippen molar-refractivity contribution >= 4 is 22.5 Å². The SMILES string of the molecule is N#Cc1cc([N+](=O)[O-])ccc1N=NCc1nc2ccccc2o1. The number of rotatable bonds is 4. The Morgan fingerprint density at radius 3 is 2.87 bits per heavy atom. The van der Waals surface area contributed by atoms with Crippen LogP contribution in [0.2, 0.25) is 0 Å². The third-order valence-electron chi connectivity index (χ3n) is 3.03. The molecule has 23 heavy (non-hydrogen) atoms. The van der Waals surface area contributed by atoms with E-state index in [1.165, 1.54) is 12.1 Å². The molecule has 0 fully saturated rings. The minimum Gasteiger partial charge on any atom is -0.439 e. The molecule has 0 aliphatic carbocycles. The maximum Gasteiger partial charge on any atom is 0.270 e. The minimum absolute atomic E-state index is 0.0838. The molecule has 0 unspecified atom stereocenters. The molecule has 0 aliphatic heterocycles. The second-order valence-electron chi connectivity index (χ2n) is 4.55. The lowest BCUT2D eigenvalue weighted by molar-refractivity contribution is -0.384. The second-order valence-corrected chi connectivity index (χ2v) is 4.55. The summed E-state index contributed by atoms with van der Waals surface area (Å²) < 4.78 is 5.49. The molecule has 3 aromatic rings. The van der Waals surface area contributed by atoms with Crippen molar-refractivity contribution in [2.45, 2.75) is 6.54 Å². The zero-order valence-corrected chi connectivity index (χ0v) is 11.7. The maximum absolute atomic E-state index is 10.7. The van der Waals surface area contributed by atoms with Crippen molar-refractivity contribution < 1.29 is 9.34 Å². The van der Waals surface area contributed by atoms with Crippen LogP contribution in [0.1, 0.15) is 11.5 Å². The lowest BCUT2D eigenvalue weighted by Gasteiger charge is -1.96. The Morgan fingerprint density at radius 1 is 1.30 bits per heavy atom. The number of nitro benzene ring substituents is 1. The van der Waals surface area contributed by atoms with Gasteiger partial charge >= 0.3 is 0 Å². The van der Waals surface area contributed by atoms with E-state index in [1.54, 1.807) is 6.07 Å². The van der Waals surface area contributed by atoms with Gasteiger partial charge in [-0.1, -0.05) is 12.1 Å². The molecule has 0 N–H and O–H groups in total. The standard InChI is InChI=1S/C15H9N5O3/c16-8-10-7-11(20(21)22)5-6-12(10)19-17-9-15-18-13-3-1-2-4-14(13)23-15/h1-7H,9H2. The van der Waals surface area contributed by atoms with Crippen LogP contribution in [-0.2, 0) is 6.54 Å². The molecule has 112 valence electrons. The first-order chi connectivity index (χ1) is 11.2. The van der Waals surface area contributed by atoms with Crippen molar-refractivity contribution in [1.29, 1.82) is 5.26 Å². The van der Waals surface area contributed by atoms with E-state index in [-0.39, 0.29) is 23.5 Å². The topological polar surface area (TPSA) is 118 Å². The molecule has 0 radical (unpaired) electrons. The highest BCUT2D eigenvalue weighted by Gasteiger charge is 2.10. The van der Waals surface area contributed by atoms with Gasteiger partial charge in [0.15, 0.2) is 5.58 Å². The van der Waals surface area contributed by atoms with Crippen molar-refractivity contribution in [3.8, 4) is 6.07 Å². The van der Waals surface area contributed by atoms with Gasteiger partial charge in [0.05, 0.1) is 10.5 Å². The largest absolute Gasteiger partial charge is 0.439 e. The highest BCUT2D eigenvalue weighted by atomic mass is 16.6. The number of oxazole rings is 1. The third-order valence-corrected chi connectivity index (χ3v) is 3.03. The first-order valence-corrected chi connectivity index (χ1v) is 6.58. The van der Waals surface area contributed by atoms with Gasteiger partial charge in [-0.05, 0) is 18.2 Å². The van der Waals surface area contributed by atoms with E-state index >= 15 is 0 Å². The molecule has 0 atom stereocenters. The second kappa shape index (κ2) is 6.03. The summed E-state index contributed by atoms with van der Waals surface area (Å²) in [6.45, 7) is 0.108. The first-order valence-electron chi connectivity index (χ1n) is 6.58. The monoisotopic (exact) mass is 307 g/mol. The van der Waals surface area contributed by atoms with E-state index in [1.807, 2.05) is 24.3 Å². The summed E-state index contributed by atoms with van der Waals surface area (Å²) >= 11 is 0. The molecule has 0 amide bonds. The van der Waals surface area contributed by atoms with E-state index in [4.69, 9.17) is 9.68 Å². The van der Waals surface area contributed by atoms with Crippen LogP contribution in [-0.4, -0.2) is 9.91 Å². The van der Waals surface area contributed by atoms with Crippen LogP contribution in [0.4, 0.5) is 11.4 Å². The number of benzene rings is 2. The summed E-state index contributed by atoms with van der Waals surface area (Å²) in [6.07, 6.45) is 0. The number of nitrogens with zero attached hydrogens (tertiary/aromatic N) is 5. The molecule has 8 nitrogen and oxygen atoms in total. The van der Waals surface area contributed by atoms with Crippen LogP contribution in [0.25, 0.3) is 11.1 Å². The fraction of sp³-hybridized carbons (Fsp3) is 0.0667. The molecule has 8 heteroatoms. The molecular weight excluding hydrogens is 298 g/mol. The molecule has 1 heterocycles. The molecule has 0 saturated heterocycles. The predicted molar refractivity (Wildman–Crippen MR) is 80.0 cm³/mol. The fourth-order valence-electron chi connectivity index (χ4n) is 1.97. The van der Waals surface area contributed by atoms with Gasteiger partial charge in [-0.25, -0.2) is 4.98 Å². The average Bonchev–Trinajstić information content (AvgIpc) is 2.97. The molecule has 0 bridgehead atoms. The van der Waals surface area contributed by atoms with Gasteiger partial charge in [-0.3, -0.25) is 10.1 Å². The van der Waals surface area contributed by atoms with Crippen LogP contribution in [0.3, 0.4) is 0 Å². The van der Waals surface area contributed by atoms with Crippen LogP contribution >= 0.6 is 0 Å². The highest BCUT2D eigenvalue weighted by Crippen LogP contribution is 2.24. The van der Waals surface area contributed by atoms with Crippen molar-refractivity contribution in [3.63, 3.8) is 0 Å². The predicted octanol–water partition coefficient (Wildman–Crippen LogP) is 3.89. The summed E-state index contributed by atoms with van der Waals surface area (Å²) in [4.78, 5) is 14.4. The normalized spacial score (nSPS) is 10.9. The molecule has 3 rings (SSSR count). The quantitative estimate of drug-likeness (QED) is 0.411. The van der Waals surface area contributed by atoms with Gasteiger partial charge in [0.1, 0.15) is 23.8 Å². The van der Waals surface area contributed by atoms with Crippen molar-refractivity contribution in [1.82, 2.24) is 4.98 Å². The molecule has 0 saturated carbocycles. The van der Waals surface area contributed by atoms with Crippen LogP contribution in [0.5, 0.6) is 0 Å². The van der Waals surface area contributed by atoms with Gasteiger partial charge in [0, 0.05) is 12.1 Å². The van der Waals surface area contributed by atoms with Gasteiger partial charge < -0.3 is 4.42 Å². The Labute approximate surface area is 129 Å². The van der Waals surface area contributed by atoms with E-state index in [2.05, 4.69) is 15.2 Å². The van der Waals surface area contributed by atoms with Gasteiger partial charge in [0.2, 0.25) is 5.89 Å². The number of hydrogen-bond acceptors (Lipinski definition) is 7. The Hall–Kier alpha value is -3.60. The van der Waals surface area contributed by atoms with Crippen LogP contribution in [0.15, 0.2) is 57.1 Å². The maximum atomic E-state index is 10.7. The zero-order valence-electron chi connectivity index (χ0n) is 11.7. The molecule has 0 spiro atoms. The highest BCUT2D eigenvalue weighted by molar-refractivity contribution is 5.72. The minimum atomic E-state index is -0.569. The number of azo groups is 1. The Kier molecular flexibility index (Phi) is 3.76. The average molecular weight is 307 g/mol.